The molecule has 0 aliphatic carbocycles. The number of hydrogen-bond donors (Lipinski definition) is 0. The Morgan fingerprint density at radius 1 is 1.24 bits per heavy atom. The van der Waals surface area contributed by atoms with Crippen molar-refractivity contribution in [2.45, 2.75) is 20.3 Å². The molecule has 0 unspecified atom stereocenters. The van der Waals surface area contributed by atoms with E-state index in [1.165, 1.54) is 0 Å². The molecule has 3 nitrogen and oxygen atoms in total. The standard InChI is InChI=1S/C14H18N2O/c1-11(2)10-14-15-8-9-16(14)12-4-6-13(17-3)7-5-12/h4-9,11H,10H2,1-3H3. The molecule has 1 aromatic carbocycles. The van der Waals surface area contributed by atoms with Gasteiger partial charge in [-0.1, -0.05) is 13.8 Å². The van der Waals surface area contributed by atoms with Crippen molar-refractivity contribution in [3.05, 3.63) is 42.5 Å². The summed E-state index contributed by atoms with van der Waals surface area (Å²) in [7, 11) is 1.68. The maximum Gasteiger partial charge on any atom is 0.119 e. The van der Waals surface area contributed by atoms with Crippen LogP contribution in [-0.2, 0) is 6.42 Å². The zero-order valence-electron chi connectivity index (χ0n) is 10.6. The first kappa shape index (κ1) is 11.7. The summed E-state index contributed by atoms with van der Waals surface area (Å²) in [5, 5.41) is 0. The number of hydrogen-bond acceptors (Lipinski definition) is 2. The van der Waals surface area contributed by atoms with E-state index in [2.05, 4.69) is 23.4 Å². The van der Waals surface area contributed by atoms with Gasteiger partial charge in [0.2, 0.25) is 0 Å². The fraction of sp³-hybridized carbons (Fsp3) is 0.357. The second-order valence-corrected chi connectivity index (χ2v) is 4.51. The van der Waals surface area contributed by atoms with Gasteiger partial charge >= 0.3 is 0 Å². The van der Waals surface area contributed by atoms with Crippen molar-refractivity contribution in [1.29, 1.82) is 0 Å². The summed E-state index contributed by atoms with van der Waals surface area (Å²) in [6.45, 7) is 4.40. The zero-order chi connectivity index (χ0) is 12.3. The van der Waals surface area contributed by atoms with Crippen LogP contribution in [0.15, 0.2) is 36.7 Å². The van der Waals surface area contributed by atoms with E-state index in [9.17, 15) is 0 Å². The largest absolute Gasteiger partial charge is 0.497 e. The fourth-order valence-electron chi connectivity index (χ4n) is 1.83. The lowest BCUT2D eigenvalue weighted by atomic mass is 10.1. The molecule has 0 aliphatic rings. The van der Waals surface area contributed by atoms with Crippen LogP contribution in [0.3, 0.4) is 0 Å². The first-order valence-corrected chi connectivity index (χ1v) is 5.87. The number of rotatable bonds is 4. The summed E-state index contributed by atoms with van der Waals surface area (Å²) >= 11 is 0. The quantitative estimate of drug-likeness (QED) is 0.807. The van der Waals surface area contributed by atoms with Gasteiger partial charge in [0, 0.05) is 24.5 Å². The lowest BCUT2D eigenvalue weighted by Crippen LogP contribution is -2.04. The Balaban J connectivity index is 2.29. The van der Waals surface area contributed by atoms with Gasteiger partial charge in [0.15, 0.2) is 0 Å². The molecule has 0 aliphatic heterocycles. The van der Waals surface area contributed by atoms with Gasteiger partial charge in [-0.2, -0.15) is 0 Å². The number of methoxy groups -OCH3 is 1. The molecule has 17 heavy (non-hydrogen) atoms. The smallest absolute Gasteiger partial charge is 0.119 e. The molecule has 0 saturated heterocycles. The SMILES string of the molecule is COc1ccc(-n2ccnc2CC(C)C)cc1. The monoisotopic (exact) mass is 230 g/mol. The molecule has 0 N–H and O–H groups in total. The Hall–Kier alpha value is -1.77. The van der Waals surface area contributed by atoms with Gasteiger partial charge in [0.1, 0.15) is 11.6 Å². The van der Waals surface area contributed by atoms with Gasteiger partial charge in [-0.3, -0.25) is 0 Å². The molecular weight excluding hydrogens is 212 g/mol. The molecule has 0 saturated carbocycles. The van der Waals surface area contributed by atoms with Crippen LogP contribution >= 0.6 is 0 Å². The normalized spacial score (nSPS) is 10.8. The second kappa shape index (κ2) is 5.04. The van der Waals surface area contributed by atoms with Crippen LogP contribution in [0.4, 0.5) is 0 Å². The third kappa shape index (κ3) is 2.67. The fourth-order valence-corrected chi connectivity index (χ4v) is 1.83. The average Bonchev–Trinajstić information content (AvgIpc) is 2.76. The molecule has 1 heterocycles. The number of benzene rings is 1. The summed E-state index contributed by atoms with van der Waals surface area (Å²) in [5.41, 5.74) is 1.12. The van der Waals surface area contributed by atoms with Crippen LogP contribution in [0, 0.1) is 5.92 Å². The lowest BCUT2D eigenvalue weighted by molar-refractivity contribution is 0.414. The average molecular weight is 230 g/mol. The summed E-state index contributed by atoms with van der Waals surface area (Å²) < 4.78 is 7.28. The molecule has 0 amide bonds. The highest BCUT2D eigenvalue weighted by Crippen LogP contribution is 2.17. The van der Waals surface area contributed by atoms with Crippen molar-refractivity contribution in [1.82, 2.24) is 9.55 Å². The molecule has 0 radical (unpaired) electrons. The highest BCUT2D eigenvalue weighted by atomic mass is 16.5. The Morgan fingerprint density at radius 3 is 2.53 bits per heavy atom. The minimum Gasteiger partial charge on any atom is -0.497 e. The lowest BCUT2D eigenvalue weighted by Gasteiger charge is -2.10. The molecule has 0 fully saturated rings. The minimum absolute atomic E-state index is 0.606. The Kier molecular flexibility index (Phi) is 3.47. The van der Waals surface area contributed by atoms with Crippen LogP contribution in [0.2, 0.25) is 0 Å². The second-order valence-electron chi connectivity index (χ2n) is 4.51. The Morgan fingerprint density at radius 2 is 1.94 bits per heavy atom. The molecule has 0 atom stereocenters. The van der Waals surface area contributed by atoms with Crippen LogP contribution in [0.25, 0.3) is 5.69 Å². The Labute approximate surface area is 102 Å². The predicted molar refractivity (Wildman–Crippen MR) is 68.7 cm³/mol. The van der Waals surface area contributed by atoms with Crippen molar-refractivity contribution >= 4 is 0 Å². The molecule has 2 aromatic rings. The maximum absolute atomic E-state index is 5.16. The van der Waals surface area contributed by atoms with Gasteiger partial charge in [0.05, 0.1) is 7.11 Å². The van der Waals surface area contributed by atoms with E-state index >= 15 is 0 Å². The van der Waals surface area contributed by atoms with Crippen LogP contribution in [0.5, 0.6) is 5.75 Å². The summed E-state index contributed by atoms with van der Waals surface area (Å²) in [5.74, 6) is 2.58. The van der Waals surface area contributed by atoms with E-state index in [0.717, 1.165) is 23.7 Å². The third-order valence-corrected chi connectivity index (χ3v) is 2.66. The van der Waals surface area contributed by atoms with Crippen LogP contribution < -0.4 is 4.74 Å². The van der Waals surface area contributed by atoms with Gasteiger partial charge in [-0.15, -0.1) is 0 Å². The van der Waals surface area contributed by atoms with E-state index in [4.69, 9.17) is 4.74 Å². The highest BCUT2D eigenvalue weighted by Gasteiger charge is 2.06. The summed E-state index contributed by atoms with van der Waals surface area (Å²) in [6, 6.07) is 8.03. The molecule has 3 heteroatoms. The van der Waals surface area contributed by atoms with Crippen LogP contribution in [0.1, 0.15) is 19.7 Å². The van der Waals surface area contributed by atoms with E-state index in [1.807, 2.05) is 36.7 Å². The van der Waals surface area contributed by atoms with E-state index in [0.29, 0.717) is 5.92 Å². The summed E-state index contributed by atoms with van der Waals surface area (Å²) in [6.07, 6.45) is 4.83. The topological polar surface area (TPSA) is 27.1 Å². The van der Waals surface area contributed by atoms with E-state index in [1.54, 1.807) is 7.11 Å². The third-order valence-electron chi connectivity index (χ3n) is 2.66. The number of ether oxygens (including phenoxy) is 1. The van der Waals surface area contributed by atoms with Gasteiger partial charge < -0.3 is 9.30 Å². The van der Waals surface area contributed by atoms with Crippen molar-refractivity contribution < 1.29 is 4.74 Å². The molecule has 1 aromatic heterocycles. The molecule has 0 bridgehead atoms. The molecule has 0 spiro atoms. The van der Waals surface area contributed by atoms with Crippen molar-refractivity contribution in [2.75, 3.05) is 7.11 Å². The molecule has 90 valence electrons. The van der Waals surface area contributed by atoms with Gasteiger partial charge in [-0.05, 0) is 30.2 Å². The molecular formula is C14H18N2O. The van der Waals surface area contributed by atoms with E-state index in [-0.39, 0.29) is 0 Å². The molecule has 2 rings (SSSR count). The highest BCUT2D eigenvalue weighted by molar-refractivity contribution is 5.38. The van der Waals surface area contributed by atoms with Crippen LogP contribution in [-0.4, -0.2) is 16.7 Å². The zero-order valence-corrected chi connectivity index (χ0v) is 10.6. The minimum atomic E-state index is 0.606. The first-order chi connectivity index (χ1) is 8.20. The van der Waals surface area contributed by atoms with Crippen molar-refractivity contribution in [3.8, 4) is 11.4 Å². The predicted octanol–water partition coefficient (Wildman–Crippen LogP) is 3.08. The van der Waals surface area contributed by atoms with Crippen molar-refractivity contribution in [3.63, 3.8) is 0 Å². The van der Waals surface area contributed by atoms with Gasteiger partial charge in [-0.25, -0.2) is 4.98 Å². The summed E-state index contributed by atoms with van der Waals surface area (Å²) in [4.78, 5) is 4.41. The van der Waals surface area contributed by atoms with Crippen molar-refractivity contribution in [2.24, 2.45) is 5.92 Å². The number of nitrogens with zero attached hydrogens (tertiary/aromatic N) is 2. The first-order valence-electron chi connectivity index (χ1n) is 5.87. The number of aromatic nitrogens is 2. The maximum atomic E-state index is 5.16. The number of imidazole rings is 1. The van der Waals surface area contributed by atoms with E-state index < -0.39 is 0 Å². The Bertz CT molecular complexity index is 471. The van der Waals surface area contributed by atoms with Gasteiger partial charge in [0.25, 0.3) is 0 Å².